The Hall–Kier alpha value is -1.77. The van der Waals surface area contributed by atoms with E-state index >= 15 is 0 Å². The maximum absolute atomic E-state index is 12.2. The number of aldehydes is 1. The highest BCUT2D eigenvalue weighted by molar-refractivity contribution is 7.86. The summed E-state index contributed by atoms with van der Waals surface area (Å²) in [5, 5.41) is 2.67. The van der Waals surface area contributed by atoms with Crippen LogP contribution in [0.25, 0.3) is 0 Å². The third-order valence-electron chi connectivity index (χ3n) is 2.52. The molecular formula is C14H13ClNO3P. The molecule has 1 N–H and O–H groups in total. The van der Waals surface area contributed by atoms with Gasteiger partial charge in [0.1, 0.15) is 12.0 Å². The Kier molecular flexibility index (Phi) is 4.48. The zero-order valence-corrected chi connectivity index (χ0v) is 12.4. The zero-order chi connectivity index (χ0) is 14.6. The minimum absolute atomic E-state index is 0.328. The summed E-state index contributed by atoms with van der Waals surface area (Å²) in [5.41, 5.74) is 2.14. The molecule has 2 aromatic rings. The van der Waals surface area contributed by atoms with Gasteiger partial charge in [-0.1, -0.05) is 12.1 Å². The Morgan fingerprint density at radius 1 is 1.20 bits per heavy atom. The third-order valence-corrected chi connectivity index (χ3v) is 3.95. The van der Waals surface area contributed by atoms with Gasteiger partial charge in [0.05, 0.1) is 0 Å². The minimum Gasteiger partial charge on any atom is -0.418 e. The van der Waals surface area contributed by atoms with Crippen molar-refractivity contribution >= 4 is 30.1 Å². The molecule has 0 amide bonds. The summed E-state index contributed by atoms with van der Waals surface area (Å²) in [6, 6.07) is 13.5. The van der Waals surface area contributed by atoms with E-state index in [-0.39, 0.29) is 0 Å². The molecule has 0 spiro atoms. The fourth-order valence-corrected chi connectivity index (χ4v) is 3.05. The highest BCUT2D eigenvalue weighted by atomic mass is 35.7. The van der Waals surface area contributed by atoms with Gasteiger partial charge in [-0.2, -0.15) is 0 Å². The number of hydrogen-bond donors (Lipinski definition) is 1. The number of hydrogen-bond acceptors (Lipinski definition) is 3. The molecule has 0 saturated carbocycles. The molecule has 2 rings (SSSR count). The van der Waals surface area contributed by atoms with Crippen molar-refractivity contribution in [3.63, 3.8) is 0 Å². The van der Waals surface area contributed by atoms with Crippen LogP contribution in [0, 0.1) is 6.92 Å². The predicted octanol–water partition coefficient (Wildman–Crippen LogP) is 4.65. The first-order valence-electron chi connectivity index (χ1n) is 5.88. The molecule has 4 nitrogen and oxygen atoms in total. The number of benzene rings is 2. The molecule has 6 heteroatoms. The quantitative estimate of drug-likeness (QED) is 0.645. The predicted molar refractivity (Wildman–Crippen MR) is 80.7 cm³/mol. The van der Waals surface area contributed by atoms with E-state index in [9.17, 15) is 9.36 Å². The van der Waals surface area contributed by atoms with Gasteiger partial charge in [-0.15, -0.1) is 0 Å². The van der Waals surface area contributed by atoms with Gasteiger partial charge in [0.15, 0.2) is 0 Å². The van der Waals surface area contributed by atoms with Gasteiger partial charge in [-0.05, 0) is 48.9 Å². The van der Waals surface area contributed by atoms with Crippen LogP contribution in [0.3, 0.4) is 0 Å². The lowest BCUT2D eigenvalue weighted by Crippen LogP contribution is -1.98. The second-order valence-electron chi connectivity index (χ2n) is 4.24. The fourth-order valence-electron chi connectivity index (χ4n) is 1.63. The maximum Gasteiger partial charge on any atom is 0.435 e. The van der Waals surface area contributed by atoms with Crippen LogP contribution >= 0.6 is 18.1 Å². The van der Waals surface area contributed by atoms with E-state index in [1.54, 1.807) is 18.2 Å². The molecule has 0 aliphatic heterocycles. The minimum atomic E-state index is -3.55. The second-order valence-corrected chi connectivity index (χ2v) is 6.94. The van der Waals surface area contributed by atoms with Crippen molar-refractivity contribution in [1.29, 1.82) is 0 Å². The van der Waals surface area contributed by atoms with Gasteiger partial charge in [0.25, 0.3) is 0 Å². The molecule has 104 valence electrons. The van der Waals surface area contributed by atoms with E-state index in [0.717, 1.165) is 11.8 Å². The van der Waals surface area contributed by atoms with Crippen molar-refractivity contribution in [2.24, 2.45) is 0 Å². The van der Waals surface area contributed by atoms with Gasteiger partial charge in [0, 0.05) is 22.5 Å². The Balaban J connectivity index is 2.10. The largest absolute Gasteiger partial charge is 0.435 e. The van der Waals surface area contributed by atoms with Crippen molar-refractivity contribution in [3.8, 4) is 5.75 Å². The molecular weight excluding hydrogens is 297 g/mol. The molecule has 0 saturated heterocycles. The Bertz CT molecular complexity index is 658. The number of anilines is 1. The highest BCUT2D eigenvalue weighted by Gasteiger charge is 2.21. The normalized spacial score (nSPS) is 13.3. The molecule has 2 aromatic carbocycles. The molecule has 0 aromatic heterocycles. The lowest BCUT2D eigenvalue weighted by molar-refractivity contribution is 0.112. The Labute approximate surface area is 122 Å². The van der Waals surface area contributed by atoms with E-state index in [4.69, 9.17) is 15.8 Å². The molecule has 1 atom stereocenters. The molecule has 0 bridgehead atoms. The zero-order valence-electron chi connectivity index (χ0n) is 10.7. The first kappa shape index (κ1) is 14.6. The van der Waals surface area contributed by atoms with Crippen LogP contribution in [0.1, 0.15) is 15.9 Å². The number of carbonyl (C=O) groups excluding carboxylic acids is 1. The average Bonchev–Trinajstić information content (AvgIpc) is 2.38. The van der Waals surface area contributed by atoms with E-state index in [1.807, 2.05) is 25.1 Å². The van der Waals surface area contributed by atoms with Gasteiger partial charge >= 0.3 is 6.87 Å². The van der Waals surface area contributed by atoms with Crippen LogP contribution in [0.15, 0.2) is 48.5 Å². The summed E-state index contributed by atoms with van der Waals surface area (Å²) in [7, 11) is 0. The van der Waals surface area contributed by atoms with E-state index < -0.39 is 6.87 Å². The van der Waals surface area contributed by atoms with Crippen molar-refractivity contribution in [1.82, 2.24) is 0 Å². The number of halogens is 1. The molecule has 1 unspecified atom stereocenters. The molecule has 0 heterocycles. The lowest BCUT2D eigenvalue weighted by Gasteiger charge is -2.15. The molecule has 20 heavy (non-hydrogen) atoms. The number of carbonyl (C=O) groups is 1. The first-order chi connectivity index (χ1) is 9.48. The van der Waals surface area contributed by atoms with Crippen LogP contribution < -0.4 is 9.61 Å². The monoisotopic (exact) mass is 309 g/mol. The van der Waals surface area contributed by atoms with E-state index in [0.29, 0.717) is 17.0 Å². The maximum atomic E-state index is 12.2. The van der Waals surface area contributed by atoms with Crippen molar-refractivity contribution in [3.05, 3.63) is 59.7 Å². The summed E-state index contributed by atoms with van der Waals surface area (Å²) in [5.74, 6) is 0.328. The van der Waals surface area contributed by atoms with E-state index in [1.165, 1.54) is 12.1 Å². The summed E-state index contributed by atoms with van der Waals surface area (Å²) in [6.07, 6.45) is 0.717. The number of nitrogens with one attached hydrogen (secondary N) is 1. The van der Waals surface area contributed by atoms with Crippen LogP contribution in [-0.2, 0) is 4.57 Å². The Morgan fingerprint density at radius 3 is 2.50 bits per heavy atom. The molecule has 0 radical (unpaired) electrons. The topological polar surface area (TPSA) is 55.4 Å². The third kappa shape index (κ3) is 4.12. The van der Waals surface area contributed by atoms with Crippen LogP contribution in [-0.4, -0.2) is 6.29 Å². The van der Waals surface area contributed by atoms with Crippen LogP contribution in [0.5, 0.6) is 5.75 Å². The first-order valence-corrected chi connectivity index (χ1v) is 8.41. The molecule has 0 fully saturated rings. The van der Waals surface area contributed by atoms with Gasteiger partial charge in [-0.3, -0.25) is 9.88 Å². The highest BCUT2D eigenvalue weighted by Crippen LogP contribution is 2.51. The summed E-state index contributed by atoms with van der Waals surface area (Å²) < 4.78 is 17.4. The lowest BCUT2D eigenvalue weighted by atomic mass is 10.2. The SMILES string of the molecule is Cc1cccc(NP(=O)(Cl)Oc2ccc(C=O)cc2)c1. The van der Waals surface area contributed by atoms with E-state index in [2.05, 4.69) is 5.09 Å². The van der Waals surface area contributed by atoms with Gasteiger partial charge in [-0.25, -0.2) is 4.57 Å². The van der Waals surface area contributed by atoms with Crippen LogP contribution in [0.2, 0.25) is 0 Å². The molecule has 0 aliphatic carbocycles. The van der Waals surface area contributed by atoms with Crippen molar-refractivity contribution in [2.75, 3.05) is 5.09 Å². The number of aryl methyl sites for hydroxylation is 1. The van der Waals surface area contributed by atoms with Crippen molar-refractivity contribution in [2.45, 2.75) is 6.92 Å². The smallest absolute Gasteiger partial charge is 0.418 e. The van der Waals surface area contributed by atoms with Crippen LogP contribution in [0.4, 0.5) is 5.69 Å². The van der Waals surface area contributed by atoms with Crippen molar-refractivity contribution < 1.29 is 13.9 Å². The number of rotatable bonds is 5. The summed E-state index contributed by atoms with van der Waals surface area (Å²) >= 11 is 5.88. The molecule has 0 aliphatic rings. The van der Waals surface area contributed by atoms with Gasteiger partial charge < -0.3 is 4.52 Å². The second kappa shape index (κ2) is 6.12. The fraction of sp³-hybridized carbons (Fsp3) is 0.0714. The Morgan fingerprint density at radius 2 is 1.90 bits per heavy atom. The average molecular weight is 310 g/mol. The van der Waals surface area contributed by atoms with Gasteiger partial charge in [0.2, 0.25) is 0 Å². The standard InChI is InChI=1S/C14H13ClNO3P/c1-11-3-2-4-13(9-11)16-20(15,18)19-14-7-5-12(10-17)6-8-14/h2-10H,1H3,(H,16,18). The summed E-state index contributed by atoms with van der Waals surface area (Å²) in [6.45, 7) is -1.63. The summed E-state index contributed by atoms with van der Waals surface area (Å²) in [4.78, 5) is 10.5.